The van der Waals surface area contributed by atoms with Crippen molar-refractivity contribution in [1.29, 1.82) is 5.26 Å². The molecule has 10 nitrogen and oxygen atoms in total. The van der Waals surface area contributed by atoms with Crippen molar-refractivity contribution < 1.29 is 23.1 Å². The minimum Gasteiger partial charge on any atom is -0.465 e. The number of nitrogens with one attached hydrogen (secondary N) is 2. The molecule has 0 saturated heterocycles. The molecule has 0 fully saturated rings. The Bertz CT molecular complexity index is 1280. The second kappa shape index (κ2) is 12.0. The summed E-state index contributed by atoms with van der Waals surface area (Å²) >= 11 is 0. The third kappa shape index (κ3) is 7.07. The van der Waals surface area contributed by atoms with Crippen molar-refractivity contribution in [1.82, 2.24) is 15.5 Å². The maximum Gasteiger partial charge on any atom is 0.413 e. The first-order valence-corrected chi connectivity index (χ1v) is 12.4. The summed E-state index contributed by atoms with van der Waals surface area (Å²) in [6, 6.07) is 15.2. The molecule has 0 spiro atoms. The summed E-state index contributed by atoms with van der Waals surface area (Å²) in [6.07, 6.45) is 1.89. The van der Waals surface area contributed by atoms with E-state index in [0.717, 1.165) is 11.1 Å². The Balaban J connectivity index is 1.39. The molecule has 2 aromatic rings. The summed E-state index contributed by atoms with van der Waals surface area (Å²) < 4.78 is 24.8. The number of carboxylic acid groups (broad SMARTS) is 1. The molecule has 1 heterocycles. The van der Waals surface area contributed by atoms with E-state index >= 15 is 0 Å². The van der Waals surface area contributed by atoms with Gasteiger partial charge in [0.15, 0.2) is 15.6 Å². The normalized spacial score (nSPS) is 13.6. The molecule has 3 rings (SSSR count). The Kier molecular flexibility index (Phi) is 8.86. The van der Waals surface area contributed by atoms with E-state index in [4.69, 9.17) is 5.26 Å². The van der Waals surface area contributed by atoms with E-state index < -0.39 is 15.9 Å². The van der Waals surface area contributed by atoms with Gasteiger partial charge in [-0.3, -0.25) is 20.0 Å². The minimum atomic E-state index is -3.67. The summed E-state index contributed by atoms with van der Waals surface area (Å²) in [5.74, 6) is -0.0821. The summed E-state index contributed by atoms with van der Waals surface area (Å²) in [4.78, 5) is 28.7. The zero-order chi connectivity index (χ0) is 25.3. The highest BCUT2D eigenvalue weighted by Crippen LogP contribution is 2.15. The molecule has 0 saturated carbocycles. The average molecular weight is 496 g/mol. The highest BCUT2D eigenvalue weighted by atomic mass is 32.2. The van der Waals surface area contributed by atoms with E-state index in [9.17, 15) is 23.1 Å². The van der Waals surface area contributed by atoms with Crippen LogP contribution in [0.2, 0.25) is 0 Å². The molecule has 0 bridgehead atoms. The Morgan fingerprint density at radius 2 is 1.89 bits per heavy atom. The number of aliphatic imine (C=N–C) groups is 1. The number of nitriles is 1. The van der Waals surface area contributed by atoms with Crippen molar-refractivity contribution >= 4 is 27.5 Å². The zero-order valence-electron chi connectivity index (χ0n) is 18.8. The fraction of sp³-hybridized carbons (Fsp3) is 0.250. The maximum atomic E-state index is 12.4. The molecule has 1 amide bonds. The molecule has 0 radical (unpaired) electrons. The molecular formula is C24H25N5O5S. The fourth-order valence-electron chi connectivity index (χ4n) is 3.42. The van der Waals surface area contributed by atoms with E-state index in [-0.39, 0.29) is 35.2 Å². The van der Waals surface area contributed by atoms with E-state index in [1.54, 1.807) is 30.3 Å². The van der Waals surface area contributed by atoms with Gasteiger partial charge in [0.1, 0.15) is 17.8 Å². The first-order valence-electron chi connectivity index (χ1n) is 10.8. The van der Waals surface area contributed by atoms with Gasteiger partial charge in [0.2, 0.25) is 0 Å². The molecule has 2 aromatic carbocycles. The maximum absolute atomic E-state index is 12.4. The first kappa shape index (κ1) is 25.8. The van der Waals surface area contributed by atoms with Gasteiger partial charge in [-0.1, -0.05) is 42.5 Å². The molecule has 1 aliphatic rings. The van der Waals surface area contributed by atoms with Gasteiger partial charge in [-0.05, 0) is 23.8 Å². The quantitative estimate of drug-likeness (QED) is 0.314. The van der Waals surface area contributed by atoms with Crippen molar-refractivity contribution in [2.75, 3.05) is 32.1 Å². The van der Waals surface area contributed by atoms with Crippen LogP contribution in [-0.4, -0.2) is 68.2 Å². The van der Waals surface area contributed by atoms with E-state index in [0.29, 0.717) is 25.5 Å². The van der Waals surface area contributed by atoms with Crippen molar-refractivity contribution in [3.8, 4) is 6.07 Å². The van der Waals surface area contributed by atoms with Gasteiger partial charge < -0.3 is 10.4 Å². The van der Waals surface area contributed by atoms with Crippen LogP contribution in [0.5, 0.6) is 0 Å². The molecule has 11 heteroatoms. The molecule has 0 atom stereocenters. The van der Waals surface area contributed by atoms with Crippen LogP contribution < -0.4 is 10.6 Å². The Morgan fingerprint density at radius 1 is 1.14 bits per heavy atom. The van der Waals surface area contributed by atoms with Crippen molar-refractivity contribution in [2.45, 2.75) is 11.4 Å². The fourth-order valence-corrected chi connectivity index (χ4v) is 4.69. The minimum absolute atomic E-state index is 0.0252. The molecule has 0 aromatic heterocycles. The number of hydrogen-bond donors (Lipinski definition) is 3. The van der Waals surface area contributed by atoms with Crippen LogP contribution in [0.15, 0.2) is 70.6 Å². The number of amidine groups is 1. The zero-order valence-corrected chi connectivity index (χ0v) is 19.7. The number of carbonyl (C=O) groups excluding carboxylic acids is 1. The van der Waals surface area contributed by atoms with E-state index in [2.05, 4.69) is 15.6 Å². The standard InChI is InChI=1S/C24H25N5O5S/c25-14-20-4-1-2-6-22(20)35(33,34)17-26-11-3-5-21(30)16-27-15-18-7-9-19(10-8-18)23-28-12-13-29(23)24(31)32/h1-10,26-27H,11-13,15-17H2,(H,31,32). The number of hydrogen-bond acceptors (Lipinski definition) is 8. The lowest BCUT2D eigenvalue weighted by Crippen LogP contribution is -2.33. The van der Waals surface area contributed by atoms with Crippen LogP contribution in [0, 0.1) is 11.3 Å². The predicted molar refractivity (Wildman–Crippen MR) is 130 cm³/mol. The van der Waals surface area contributed by atoms with Gasteiger partial charge in [-0.2, -0.15) is 5.26 Å². The molecule has 35 heavy (non-hydrogen) atoms. The third-order valence-corrected chi connectivity index (χ3v) is 6.72. The third-order valence-electron chi connectivity index (χ3n) is 5.11. The predicted octanol–water partition coefficient (Wildman–Crippen LogP) is 1.53. The highest BCUT2D eigenvalue weighted by molar-refractivity contribution is 7.91. The van der Waals surface area contributed by atoms with Gasteiger partial charge >= 0.3 is 6.09 Å². The van der Waals surface area contributed by atoms with Gasteiger partial charge in [0.25, 0.3) is 0 Å². The van der Waals surface area contributed by atoms with Crippen LogP contribution in [0.25, 0.3) is 0 Å². The molecule has 1 aliphatic heterocycles. The highest BCUT2D eigenvalue weighted by Gasteiger charge is 2.24. The van der Waals surface area contributed by atoms with Crippen LogP contribution in [0.1, 0.15) is 16.7 Å². The SMILES string of the molecule is N#Cc1ccccc1S(=O)(=O)CNCC=CC(=O)CNCc1ccc(C2=NCCN2C(=O)O)cc1. The molecular weight excluding hydrogens is 470 g/mol. The summed E-state index contributed by atoms with van der Waals surface area (Å²) in [5.41, 5.74) is 1.74. The van der Waals surface area contributed by atoms with E-state index in [1.165, 1.54) is 23.1 Å². The van der Waals surface area contributed by atoms with Gasteiger partial charge in [0.05, 0.1) is 30.1 Å². The monoisotopic (exact) mass is 495 g/mol. The van der Waals surface area contributed by atoms with Crippen LogP contribution >= 0.6 is 0 Å². The summed E-state index contributed by atoms with van der Waals surface area (Å²) in [6.45, 7) is 1.53. The van der Waals surface area contributed by atoms with Crippen molar-refractivity contribution in [3.05, 3.63) is 77.4 Å². The number of ketones is 1. The molecule has 0 unspecified atom stereocenters. The topological polar surface area (TPSA) is 152 Å². The number of benzene rings is 2. The summed E-state index contributed by atoms with van der Waals surface area (Å²) in [7, 11) is -3.67. The number of nitrogens with zero attached hydrogens (tertiary/aromatic N) is 3. The lowest BCUT2D eigenvalue weighted by Gasteiger charge is -2.14. The number of rotatable bonds is 11. The van der Waals surface area contributed by atoms with Gasteiger partial charge in [-0.25, -0.2) is 13.2 Å². The van der Waals surface area contributed by atoms with Crippen LogP contribution in [0.4, 0.5) is 4.79 Å². The Hall–Kier alpha value is -3.85. The van der Waals surface area contributed by atoms with Gasteiger partial charge in [-0.15, -0.1) is 0 Å². The smallest absolute Gasteiger partial charge is 0.413 e. The average Bonchev–Trinajstić information content (AvgIpc) is 3.35. The molecule has 0 aliphatic carbocycles. The lowest BCUT2D eigenvalue weighted by atomic mass is 10.1. The lowest BCUT2D eigenvalue weighted by molar-refractivity contribution is -0.113. The van der Waals surface area contributed by atoms with Crippen molar-refractivity contribution in [2.24, 2.45) is 4.99 Å². The van der Waals surface area contributed by atoms with E-state index in [1.807, 2.05) is 18.2 Å². The number of carbonyl (C=O) groups is 2. The van der Waals surface area contributed by atoms with Crippen molar-refractivity contribution in [3.63, 3.8) is 0 Å². The van der Waals surface area contributed by atoms with Crippen LogP contribution in [-0.2, 0) is 21.2 Å². The van der Waals surface area contributed by atoms with Crippen LogP contribution in [0.3, 0.4) is 0 Å². The largest absolute Gasteiger partial charge is 0.465 e. The number of amides is 1. The summed E-state index contributed by atoms with van der Waals surface area (Å²) in [5, 5.41) is 24.1. The second-order valence-electron chi connectivity index (χ2n) is 7.63. The molecule has 3 N–H and O–H groups in total. The molecule has 182 valence electrons. The first-order chi connectivity index (χ1) is 16.8. The second-order valence-corrected chi connectivity index (χ2v) is 9.59. The van der Waals surface area contributed by atoms with Gasteiger partial charge in [0, 0.05) is 18.7 Å². The number of sulfone groups is 1. The Morgan fingerprint density at radius 3 is 2.60 bits per heavy atom. The Labute approximate surface area is 203 Å².